The Labute approximate surface area is 114 Å². The minimum absolute atomic E-state index is 0.242. The summed E-state index contributed by atoms with van der Waals surface area (Å²) in [4.78, 5) is 0. The van der Waals surface area contributed by atoms with Crippen LogP contribution < -0.4 is 4.74 Å². The highest BCUT2D eigenvalue weighted by atomic mass is 16.5. The van der Waals surface area contributed by atoms with E-state index in [0.29, 0.717) is 6.42 Å². The average Bonchev–Trinajstić information content (AvgIpc) is 2.46. The molecule has 1 unspecified atom stereocenters. The monoisotopic (exact) mass is 259 g/mol. The standard InChI is InChI=1S/C16H21NO2/c1-19-15-7-5-13(6-8-15)14(12-17)11-16(18)9-3-2-4-10-16/h5-8,14,18H,2-4,9-11H2,1H3. The van der Waals surface area contributed by atoms with Crippen molar-refractivity contribution in [3.05, 3.63) is 29.8 Å². The summed E-state index contributed by atoms with van der Waals surface area (Å²) in [7, 11) is 1.63. The van der Waals surface area contributed by atoms with Gasteiger partial charge >= 0.3 is 0 Å². The fourth-order valence-corrected chi connectivity index (χ4v) is 2.87. The molecule has 1 saturated carbocycles. The highest BCUT2D eigenvalue weighted by molar-refractivity contribution is 5.32. The number of nitriles is 1. The van der Waals surface area contributed by atoms with Crippen LogP contribution in [-0.2, 0) is 0 Å². The fourth-order valence-electron chi connectivity index (χ4n) is 2.87. The van der Waals surface area contributed by atoms with Crippen LogP contribution in [0.3, 0.4) is 0 Å². The van der Waals surface area contributed by atoms with Gasteiger partial charge in [0.2, 0.25) is 0 Å². The second-order valence-corrected chi connectivity index (χ2v) is 5.44. The molecule has 1 N–H and O–H groups in total. The Bertz CT molecular complexity index is 441. The molecule has 1 aliphatic rings. The Kier molecular flexibility index (Phi) is 4.44. The van der Waals surface area contributed by atoms with Crippen LogP contribution >= 0.6 is 0 Å². The van der Waals surface area contributed by atoms with Crippen molar-refractivity contribution >= 4 is 0 Å². The van der Waals surface area contributed by atoms with Crippen molar-refractivity contribution < 1.29 is 9.84 Å². The molecule has 0 radical (unpaired) electrons. The number of rotatable bonds is 4. The molecule has 1 atom stereocenters. The lowest BCUT2D eigenvalue weighted by Gasteiger charge is -2.33. The second kappa shape index (κ2) is 6.08. The highest BCUT2D eigenvalue weighted by Crippen LogP contribution is 2.36. The Balaban J connectivity index is 2.08. The van der Waals surface area contributed by atoms with Crippen molar-refractivity contribution in [2.75, 3.05) is 7.11 Å². The molecule has 1 aromatic carbocycles. The van der Waals surface area contributed by atoms with E-state index >= 15 is 0 Å². The van der Waals surface area contributed by atoms with Crippen LogP contribution in [0.2, 0.25) is 0 Å². The number of nitrogens with zero attached hydrogens (tertiary/aromatic N) is 1. The van der Waals surface area contributed by atoms with E-state index in [1.165, 1.54) is 6.42 Å². The molecule has 0 spiro atoms. The van der Waals surface area contributed by atoms with E-state index in [1.54, 1.807) is 7.11 Å². The van der Waals surface area contributed by atoms with Gasteiger partial charge in [-0.3, -0.25) is 0 Å². The van der Waals surface area contributed by atoms with E-state index < -0.39 is 5.60 Å². The third-order valence-electron chi connectivity index (χ3n) is 4.04. The molecule has 0 aromatic heterocycles. The second-order valence-electron chi connectivity index (χ2n) is 5.44. The zero-order chi connectivity index (χ0) is 13.7. The molecule has 2 rings (SSSR count). The summed E-state index contributed by atoms with van der Waals surface area (Å²) in [6, 6.07) is 9.89. The van der Waals surface area contributed by atoms with E-state index in [9.17, 15) is 10.4 Å². The topological polar surface area (TPSA) is 53.2 Å². The molecule has 1 aliphatic carbocycles. The fraction of sp³-hybridized carbons (Fsp3) is 0.562. The SMILES string of the molecule is COc1ccc(C(C#N)CC2(O)CCCCC2)cc1. The first-order chi connectivity index (χ1) is 9.17. The van der Waals surface area contributed by atoms with Gasteiger partial charge < -0.3 is 9.84 Å². The van der Waals surface area contributed by atoms with Gasteiger partial charge in [-0.25, -0.2) is 0 Å². The number of ether oxygens (including phenoxy) is 1. The summed E-state index contributed by atoms with van der Waals surface area (Å²) in [5, 5.41) is 19.9. The highest BCUT2D eigenvalue weighted by Gasteiger charge is 2.32. The van der Waals surface area contributed by atoms with Crippen LogP contribution in [-0.4, -0.2) is 17.8 Å². The smallest absolute Gasteiger partial charge is 0.118 e. The molecule has 0 heterocycles. The van der Waals surface area contributed by atoms with Crippen molar-refractivity contribution in [3.63, 3.8) is 0 Å². The Morgan fingerprint density at radius 3 is 2.42 bits per heavy atom. The van der Waals surface area contributed by atoms with Crippen LogP contribution in [0, 0.1) is 11.3 Å². The summed E-state index contributed by atoms with van der Waals surface area (Å²) >= 11 is 0. The lowest BCUT2D eigenvalue weighted by molar-refractivity contribution is -0.00618. The summed E-state index contributed by atoms with van der Waals surface area (Å²) in [5.41, 5.74) is 0.306. The van der Waals surface area contributed by atoms with E-state index in [0.717, 1.165) is 37.0 Å². The van der Waals surface area contributed by atoms with Gasteiger partial charge in [-0.1, -0.05) is 31.4 Å². The number of methoxy groups -OCH3 is 1. The van der Waals surface area contributed by atoms with Gasteiger partial charge in [-0.15, -0.1) is 0 Å². The molecular weight excluding hydrogens is 238 g/mol. The van der Waals surface area contributed by atoms with Crippen LogP contribution in [0.1, 0.15) is 50.0 Å². The van der Waals surface area contributed by atoms with Crippen LogP contribution in [0.5, 0.6) is 5.75 Å². The van der Waals surface area contributed by atoms with Crippen molar-refractivity contribution in [1.29, 1.82) is 5.26 Å². The molecular formula is C16H21NO2. The minimum Gasteiger partial charge on any atom is -0.497 e. The molecule has 19 heavy (non-hydrogen) atoms. The van der Waals surface area contributed by atoms with E-state index in [-0.39, 0.29) is 5.92 Å². The number of hydrogen-bond donors (Lipinski definition) is 1. The number of aliphatic hydroxyl groups is 1. The van der Waals surface area contributed by atoms with Crippen molar-refractivity contribution in [2.45, 2.75) is 50.0 Å². The first kappa shape index (κ1) is 13.9. The molecule has 1 aromatic rings. The van der Waals surface area contributed by atoms with Gasteiger partial charge in [0.15, 0.2) is 0 Å². The zero-order valence-corrected chi connectivity index (χ0v) is 11.4. The molecule has 102 valence electrons. The first-order valence-electron chi connectivity index (χ1n) is 6.93. The Morgan fingerprint density at radius 1 is 1.26 bits per heavy atom. The molecule has 0 amide bonds. The summed E-state index contributed by atoms with van der Waals surface area (Å²) in [6.07, 6.45) is 5.51. The predicted molar refractivity (Wildman–Crippen MR) is 74.0 cm³/mol. The van der Waals surface area contributed by atoms with E-state index in [2.05, 4.69) is 6.07 Å². The quantitative estimate of drug-likeness (QED) is 0.901. The van der Waals surface area contributed by atoms with E-state index in [4.69, 9.17) is 4.74 Å². The van der Waals surface area contributed by atoms with Crippen LogP contribution in [0.25, 0.3) is 0 Å². The number of benzene rings is 1. The molecule has 0 aliphatic heterocycles. The molecule has 3 heteroatoms. The van der Waals surface area contributed by atoms with Gasteiger partial charge in [0.25, 0.3) is 0 Å². The largest absolute Gasteiger partial charge is 0.497 e. The normalized spacial score (nSPS) is 19.4. The van der Waals surface area contributed by atoms with Gasteiger partial charge in [0, 0.05) is 0 Å². The maximum Gasteiger partial charge on any atom is 0.118 e. The van der Waals surface area contributed by atoms with Gasteiger partial charge in [0.05, 0.1) is 24.7 Å². The average molecular weight is 259 g/mol. The van der Waals surface area contributed by atoms with Gasteiger partial charge in [0.1, 0.15) is 5.75 Å². The van der Waals surface area contributed by atoms with Gasteiger partial charge in [-0.05, 0) is 37.0 Å². The lowest BCUT2D eigenvalue weighted by atomic mass is 9.77. The Hall–Kier alpha value is -1.53. The predicted octanol–water partition coefficient (Wildman–Crippen LogP) is 3.39. The van der Waals surface area contributed by atoms with Gasteiger partial charge in [-0.2, -0.15) is 5.26 Å². The third-order valence-corrected chi connectivity index (χ3v) is 4.04. The molecule has 0 bridgehead atoms. The molecule has 1 fully saturated rings. The summed E-state index contributed by atoms with van der Waals surface area (Å²) in [6.45, 7) is 0. The van der Waals surface area contributed by atoms with Crippen molar-refractivity contribution in [2.24, 2.45) is 0 Å². The summed E-state index contributed by atoms with van der Waals surface area (Å²) in [5.74, 6) is 0.547. The van der Waals surface area contributed by atoms with Crippen LogP contribution in [0.15, 0.2) is 24.3 Å². The molecule has 3 nitrogen and oxygen atoms in total. The maximum absolute atomic E-state index is 10.6. The van der Waals surface area contributed by atoms with Crippen molar-refractivity contribution in [3.8, 4) is 11.8 Å². The number of hydrogen-bond acceptors (Lipinski definition) is 3. The molecule has 0 saturated heterocycles. The zero-order valence-electron chi connectivity index (χ0n) is 11.4. The third kappa shape index (κ3) is 3.48. The van der Waals surface area contributed by atoms with E-state index in [1.807, 2.05) is 24.3 Å². The van der Waals surface area contributed by atoms with Crippen LogP contribution in [0.4, 0.5) is 0 Å². The first-order valence-corrected chi connectivity index (χ1v) is 6.93. The lowest BCUT2D eigenvalue weighted by Crippen LogP contribution is -2.33. The van der Waals surface area contributed by atoms with Crippen molar-refractivity contribution in [1.82, 2.24) is 0 Å². The minimum atomic E-state index is -0.654. The summed E-state index contributed by atoms with van der Waals surface area (Å²) < 4.78 is 5.12. The maximum atomic E-state index is 10.6. The Morgan fingerprint density at radius 2 is 1.89 bits per heavy atom.